The number of aliphatic hydroxyl groups is 1. The molecule has 0 aromatic heterocycles. The fourth-order valence-corrected chi connectivity index (χ4v) is 2.07. The molecule has 16 heavy (non-hydrogen) atoms. The second-order valence-electron chi connectivity index (χ2n) is 4.28. The summed E-state index contributed by atoms with van der Waals surface area (Å²) in [6.07, 6.45) is 2.44. The molecule has 2 rings (SSSR count). The fourth-order valence-electron chi connectivity index (χ4n) is 1.89. The van der Waals surface area contributed by atoms with Crippen molar-refractivity contribution < 1.29 is 5.11 Å². The Balaban J connectivity index is 2.08. The van der Waals surface area contributed by atoms with Crippen LogP contribution in [0.4, 0.5) is 5.69 Å². The fraction of sp³-hybridized carbons (Fsp3) is 0.500. The van der Waals surface area contributed by atoms with Crippen molar-refractivity contribution in [2.75, 3.05) is 18.9 Å². The first-order chi connectivity index (χ1) is 7.70. The topological polar surface area (TPSA) is 49.5 Å². The van der Waals surface area contributed by atoms with Crippen LogP contribution in [0.3, 0.4) is 0 Å². The summed E-state index contributed by atoms with van der Waals surface area (Å²) in [6, 6.07) is 6.16. The van der Waals surface area contributed by atoms with Crippen molar-refractivity contribution in [2.24, 2.45) is 0 Å². The Bertz CT molecular complexity index is 366. The van der Waals surface area contributed by atoms with E-state index in [-0.39, 0.29) is 6.61 Å². The normalized spacial score (nSPS) is 15.7. The van der Waals surface area contributed by atoms with Gasteiger partial charge in [0.05, 0.1) is 6.61 Å². The molecule has 1 aliphatic rings. The summed E-state index contributed by atoms with van der Waals surface area (Å²) in [5.74, 6) is 0. The SMILES string of the molecule is Nc1ccc(Cl)c(CN(CCO)C2CC2)c1. The van der Waals surface area contributed by atoms with Crippen LogP contribution in [0.1, 0.15) is 18.4 Å². The summed E-state index contributed by atoms with van der Waals surface area (Å²) < 4.78 is 0. The zero-order valence-corrected chi connectivity index (χ0v) is 9.95. The molecule has 0 aliphatic heterocycles. The van der Waals surface area contributed by atoms with E-state index in [4.69, 9.17) is 22.4 Å². The smallest absolute Gasteiger partial charge is 0.0558 e. The second-order valence-corrected chi connectivity index (χ2v) is 4.68. The van der Waals surface area contributed by atoms with E-state index in [0.717, 1.165) is 22.8 Å². The third kappa shape index (κ3) is 2.88. The molecular weight excluding hydrogens is 224 g/mol. The van der Waals surface area contributed by atoms with E-state index in [9.17, 15) is 0 Å². The Morgan fingerprint density at radius 3 is 2.81 bits per heavy atom. The van der Waals surface area contributed by atoms with Crippen molar-refractivity contribution in [1.29, 1.82) is 0 Å². The Morgan fingerprint density at radius 2 is 2.19 bits per heavy atom. The minimum atomic E-state index is 0.191. The standard InChI is InChI=1S/C12H17ClN2O/c13-12-4-1-10(14)7-9(12)8-15(5-6-16)11-2-3-11/h1,4,7,11,16H,2-3,5-6,8,14H2. The molecule has 4 heteroatoms. The van der Waals surface area contributed by atoms with E-state index < -0.39 is 0 Å². The highest BCUT2D eigenvalue weighted by atomic mass is 35.5. The van der Waals surface area contributed by atoms with Gasteiger partial charge in [-0.2, -0.15) is 0 Å². The van der Waals surface area contributed by atoms with E-state index in [1.807, 2.05) is 12.1 Å². The van der Waals surface area contributed by atoms with Crippen LogP contribution in [0.15, 0.2) is 18.2 Å². The molecule has 1 saturated carbocycles. The van der Waals surface area contributed by atoms with Crippen LogP contribution in [0.5, 0.6) is 0 Å². The van der Waals surface area contributed by atoms with Crippen LogP contribution in [-0.2, 0) is 6.54 Å². The predicted octanol–water partition coefficient (Wildman–Crippen LogP) is 1.88. The molecule has 3 N–H and O–H groups in total. The third-order valence-electron chi connectivity index (χ3n) is 2.89. The lowest BCUT2D eigenvalue weighted by molar-refractivity contribution is 0.183. The molecule has 0 unspecified atom stereocenters. The van der Waals surface area contributed by atoms with Gasteiger partial charge in [-0.05, 0) is 36.6 Å². The van der Waals surface area contributed by atoms with E-state index in [1.54, 1.807) is 6.07 Å². The number of rotatable bonds is 5. The minimum Gasteiger partial charge on any atom is -0.399 e. The Labute approximate surface area is 101 Å². The van der Waals surface area contributed by atoms with Crippen molar-refractivity contribution in [2.45, 2.75) is 25.4 Å². The van der Waals surface area contributed by atoms with Crippen molar-refractivity contribution in [1.82, 2.24) is 4.90 Å². The highest BCUT2D eigenvalue weighted by Gasteiger charge is 2.28. The van der Waals surface area contributed by atoms with Gasteiger partial charge in [-0.3, -0.25) is 4.90 Å². The van der Waals surface area contributed by atoms with E-state index in [1.165, 1.54) is 12.8 Å². The number of nitrogens with zero attached hydrogens (tertiary/aromatic N) is 1. The molecule has 88 valence electrons. The lowest BCUT2D eigenvalue weighted by Crippen LogP contribution is -2.28. The lowest BCUT2D eigenvalue weighted by atomic mass is 10.2. The average Bonchev–Trinajstić information content (AvgIpc) is 3.06. The number of aliphatic hydroxyl groups excluding tert-OH is 1. The summed E-state index contributed by atoms with van der Waals surface area (Å²) >= 11 is 6.12. The zero-order chi connectivity index (χ0) is 11.5. The van der Waals surface area contributed by atoms with Crippen LogP contribution < -0.4 is 5.73 Å². The molecule has 1 aromatic rings. The number of benzene rings is 1. The van der Waals surface area contributed by atoms with E-state index in [2.05, 4.69) is 4.90 Å². The van der Waals surface area contributed by atoms with Crippen LogP contribution in [0, 0.1) is 0 Å². The monoisotopic (exact) mass is 240 g/mol. The van der Waals surface area contributed by atoms with Crippen molar-refractivity contribution >= 4 is 17.3 Å². The lowest BCUT2D eigenvalue weighted by Gasteiger charge is -2.21. The molecule has 0 radical (unpaired) electrons. The molecule has 0 heterocycles. The van der Waals surface area contributed by atoms with Gasteiger partial charge in [-0.1, -0.05) is 11.6 Å². The number of hydrogen-bond acceptors (Lipinski definition) is 3. The van der Waals surface area contributed by atoms with E-state index in [0.29, 0.717) is 12.6 Å². The van der Waals surface area contributed by atoms with Crippen molar-refractivity contribution in [3.63, 3.8) is 0 Å². The molecule has 0 spiro atoms. The maximum absolute atomic E-state index is 9.02. The first kappa shape index (κ1) is 11.7. The van der Waals surface area contributed by atoms with Crippen LogP contribution >= 0.6 is 11.6 Å². The van der Waals surface area contributed by atoms with Crippen LogP contribution in [0.2, 0.25) is 5.02 Å². The number of nitrogen functional groups attached to an aromatic ring is 1. The average molecular weight is 241 g/mol. The summed E-state index contributed by atoms with van der Waals surface area (Å²) in [6.45, 7) is 1.67. The number of hydrogen-bond donors (Lipinski definition) is 2. The van der Waals surface area contributed by atoms with Gasteiger partial charge in [0, 0.05) is 29.8 Å². The predicted molar refractivity (Wildman–Crippen MR) is 66.4 cm³/mol. The number of anilines is 1. The van der Waals surface area contributed by atoms with E-state index >= 15 is 0 Å². The first-order valence-corrected chi connectivity index (χ1v) is 5.97. The largest absolute Gasteiger partial charge is 0.399 e. The summed E-state index contributed by atoms with van der Waals surface area (Å²) in [5.41, 5.74) is 7.52. The van der Waals surface area contributed by atoms with Crippen LogP contribution in [-0.4, -0.2) is 29.2 Å². The Hall–Kier alpha value is -0.770. The van der Waals surface area contributed by atoms with Crippen molar-refractivity contribution in [3.05, 3.63) is 28.8 Å². The molecule has 0 amide bonds. The summed E-state index contributed by atoms with van der Waals surface area (Å²) in [5, 5.41) is 9.76. The quantitative estimate of drug-likeness (QED) is 0.773. The molecule has 3 nitrogen and oxygen atoms in total. The van der Waals surface area contributed by atoms with Crippen LogP contribution in [0.25, 0.3) is 0 Å². The van der Waals surface area contributed by atoms with Gasteiger partial charge in [0.2, 0.25) is 0 Å². The molecule has 1 aromatic carbocycles. The maximum atomic E-state index is 9.02. The van der Waals surface area contributed by atoms with Gasteiger partial charge in [0.15, 0.2) is 0 Å². The first-order valence-electron chi connectivity index (χ1n) is 5.59. The van der Waals surface area contributed by atoms with Gasteiger partial charge < -0.3 is 10.8 Å². The van der Waals surface area contributed by atoms with Crippen molar-refractivity contribution in [3.8, 4) is 0 Å². The molecule has 1 aliphatic carbocycles. The molecule has 0 bridgehead atoms. The molecule has 0 atom stereocenters. The maximum Gasteiger partial charge on any atom is 0.0558 e. The Morgan fingerprint density at radius 1 is 1.44 bits per heavy atom. The van der Waals surface area contributed by atoms with Gasteiger partial charge in [0.1, 0.15) is 0 Å². The number of nitrogens with two attached hydrogens (primary N) is 1. The highest BCUT2D eigenvalue weighted by Crippen LogP contribution is 2.29. The summed E-state index contributed by atoms with van der Waals surface area (Å²) in [4.78, 5) is 2.26. The van der Waals surface area contributed by atoms with Gasteiger partial charge in [-0.25, -0.2) is 0 Å². The van der Waals surface area contributed by atoms with Gasteiger partial charge in [0.25, 0.3) is 0 Å². The van der Waals surface area contributed by atoms with Gasteiger partial charge in [-0.15, -0.1) is 0 Å². The zero-order valence-electron chi connectivity index (χ0n) is 9.19. The molecule has 0 saturated heterocycles. The third-order valence-corrected chi connectivity index (χ3v) is 3.26. The molecular formula is C12H17ClN2O. The summed E-state index contributed by atoms with van der Waals surface area (Å²) in [7, 11) is 0. The number of halogens is 1. The minimum absolute atomic E-state index is 0.191. The second kappa shape index (κ2) is 5.04. The van der Waals surface area contributed by atoms with Gasteiger partial charge >= 0.3 is 0 Å². The highest BCUT2D eigenvalue weighted by molar-refractivity contribution is 6.31. The Kier molecular flexibility index (Phi) is 3.69. The molecule has 1 fully saturated rings.